The van der Waals surface area contributed by atoms with Crippen molar-refractivity contribution in [3.8, 4) is 0 Å². The Hall–Kier alpha value is -0.910. The Balaban J connectivity index is 1.97. The van der Waals surface area contributed by atoms with Gasteiger partial charge in [0.2, 0.25) is 0 Å². The van der Waals surface area contributed by atoms with E-state index in [9.17, 15) is 9.59 Å². The van der Waals surface area contributed by atoms with Gasteiger partial charge in [-0.2, -0.15) is 0 Å². The molecule has 2 rings (SSSR count). The Bertz CT molecular complexity index is 349. The van der Waals surface area contributed by atoms with Gasteiger partial charge in [0, 0.05) is 18.8 Å². The molecule has 0 aromatic carbocycles. The van der Waals surface area contributed by atoms with Crippen LogP contribution in [0.2, 0.25) is 0 Å². The van der Waals surface area contributed by atoms with Crippen LogP contribution in [0, 0.1) is 5.41 Å². The monoisotopic (exact) mass is 272 g/mol. The number of amides is 2. The van der Waals surface area contributed by atoms with E-state index < -0.39 is 12.0 Å². The van der Waals surface area contributed by atoms with Crippen LogP contribution in [0.25, 0.3) is 0 Å². The fourth-order valence-electron chi connectivity index (χ4n) is 2.32. The number of carbonyl (C=O) groups excluding carboxylic acids is 1. The number of urea groups is 1. The summed E-state index contributed by atoms with van der Waals surface area (Å²) in [5.74, 6) is 0.0986. The molecule has 2 heterocycles. The molecule has 0 bridgehead atoms. The smallest absolute Gasteiger partial charge is 0.327 e. The van der Waals surface area contributed by atoms with E-state index in [1.165, 1.54) is 16.7 Å². The number of piperidine rings is 1. The van der Waals surface area contributed by atoms with Crippen LogP contribution < -0.4 is 0 Å². The van der Waals surface area contributed by atoms with E-state index in [-0.39, 0.29) is 6.03 Å². The molecule has 1 N–H and O–H groups in total. The largest absolute Gasteiger partial charge is 0.480 e. The van der Waals surface area contributed by atoms with E-state index in [0.717, 1.165) is 25.9 Å². The molecule has 102 valence electrons. The highest BCUT2D eigenvalue weighted by Crippen LogP contribution is 2.31. The summed E-state index contributed by atoms with van der Waals surface area (Å²) in [6.07, 6.45) is 1.97. The van der Waals surface area contributed by atoms with Crippen molar-refractivity contribution in [1.82, 2.24) is 9.80 Å². The highest BCUT2D eigenvalue weighted by molar-refractivity contribution is 7.99. The average Bonchev–Trinajstić information content (AvgIpc) is 2.77. The SMILES string of the molecule is CC1(C)CCN(C(=O)N2CSCC2C(=O)O)CC1. The first-order chi connectivity index (χ1) is 8.41. The topological polar surface area (TPSA) is 60.9 Å². The Morgan fingerprint density at radius 3 is 2.44 bits per heavy atom. The number of rotatable bonds is 1. The first-order valence-electron chi connectivity index (χ1n) is 6.27. The third-order valence-corrected chi connectivity index (χ3v) is 4.81. The van der Waals surface area contributed by atoms with Gasteiger partial charge in [-0.05, 0) is 18.3 Å². The van der Waals surface area contributed by atoms with Crippen molar-refractivity contribution in [2.24, 2.45) is 5.41 Å². The van der Waals surface area contributed by atoms with Gasteiger partial charge in [-0.25, -0.2) is 9.59 Å². The minimum atomic E-state index is -0.898. The normalized spacial score (nSPS) is 27.3. The number of aliphatic carboxylic acids is 1. The lowest BCUT2D eigenvalue weighted by molar-refractivity contribution is -0.141. The quantitative estimate of drug-likeness (QED) is 0.789. The number of carboxylic acids is 1. The van der Waals surface area contributed by atoms with E-state index in [2.05, 4.69) is 13.8 Å². The molecule has 5 nitrogen and oxygen atoms in total. The van der Waals surface area contributed by atoms with Gasteiger partial charge in [0.25, 0.3) is 0 Å². The molecule has 0 saturated carbocycles. The maximum Gasteiger partial charge on any atom is 0.327 e. The maximum absolute atomic E-state index is 12.3. The lowest BCUT2D eigenvalue weighted by Gasteiger charge is -2.39. The third-order valence-electron chi connectivity index (χ3n) is 3.80. The summed E-state index contributed by atoms with van der Waals surface area (Å²) in [5.41, 5.74) is 0.294. The second-order valence-corrected chi connectivity index (χ2v) is 6.76. The van der Waals surface area contributed by atoms with Crippen molar-refractivity contribution in [2.45, 2.75) is 32.7 Å². The van der Waals surface area contributed by atoms with Crippen LogP contribution in [-0.4, -0.2) is 57.7 Å². The van der Waals surface area contributed by atoms with Gasteiger partial charge < -0.3 is 14.9 Å². The Kier molecular flexibility index (Phi) is 3.75. The standard InChI is InChI=1S/C12H20N2O3S/c1-12(2)3-5-13(6-4-12)11(17)14-8-18-7-9(14)10(15)16/h9H,3-8H2,1-2H3,(H,15,16). The van der Waals surface area contributed by atoms with Gasteiger partial charge in [0.1, 0.15) is 6.04 Å². The average molecular weight is 272 g/mol. The lowest BCUT2D eigenvalue weighted by Crippen LogP contribution is -2.51. The Morgan fingerprint density at radius 1 is 1.28 bits per heavy atom. The zero-order valence-electron chi connectivity index (χ0n) is 10.9. The summed E-state index contributed by atoms with van der Waals surface area (Å²) in [6, 6.07) is -0.764. The van der Waals surface area contributed by atoms with Gasteiger partial charge in [-0.3, -0.25) is 0 Å². The van der Waals surface area contributed by atoms with Crippen molar-refractivity contribution in [3.63, 3.8) is 0 Å². The molecular weight excluding hydrogens is 252 g/mol. The Morgan fingerprint density at radius 2 is 1.89 bits per heavy atom. The molecule has 0 radical (unpaired) electrons. The van der Waals surface area contributed by atoms with Crippen LogP contribution >= 0.6 is 11.8 Å². The number of thioether (sulfide) groups is 1. The molecule has 1 atom stereocenters. The fraction of sp³-hybridized carbons (Fsp3) is 0.833. The highest BCUT2D eigenvalue weighted by Gasteiger charge is 2.38. The molecule has 1 unspecified atom stereocenters. The van der Waals surface area contributed by atoms with E-state index in [1.807, 2.05) is 0 Å². The molecule has 6 heteroatoms. The van der Waals surface area contributed by atoms with E-state index >= 15 is 0 Å². The van der Waals surface area contributed by atoms with Crippen LogP contribution in [0.15, 0.2) is 0 Å². The van der Waals surface area contributed by atoms with Crippen LogP contribution in [0.1, 0.15) is 26.7 Å². The zero-order valence-corrected chi connectivity index (χ0v) is 11.7. The lowest BCUT2D eigenvalue weighted by atomic mass is 9.83. The fourth-order valence-corrected chi connectivity index (χ4v) is 3.46. The number of carboxylic acid groups (broad SMARTS) is 1. The predicted molar refractivity (Wildman–Crippen MR) is 70.6 cm³/mol. The molecule has 0 spiro atoms. The summed E-state index contributed by atoms with van der Waals surface area (Å²) < 4.78 is 0. The molecule has 0 aromatic heterocycles. The zero-order chi connectivity index (χ0) is 13.3. The van der Waals surface area contributed by atoms with Crippen LogP contribution in [0.4, 0.5) is 4.79 Å². The summed E-state index contributed by atoms with van der Waals surface area (Å²) in [5, 5.41) is 9.09. The molecule has 2 saturated heterocycles. The van der Waals surface area contributed by atoms with Crippen molar-refractivity contribution in [2.75, 3.05) is 24.7 Å². The second kappa shape index (κ2) is 4.99. The number of nitrogens with zero attached hydrogens (tertiary/aromatic N) is 2. The molecule has 2 aliphatic rings. The minimum absolute atomic E-state index is 0.108. The minimum Gasteiger partial charge on any atom is -0.480 e. The van der Waals surface area contributed by atoms with Gasteiger partial charge in [-0.15, -0.1) is 11.8 Å². The molecule has 2 fully saturated rings. The number of hydrogen-bond donors (Lipinski definition) is 1. The molecule has 0 aromatic rings. The van der Waals surface area contributed by atoms with Crippen LogP contribution in [-0.2, 0) is 4.79 Å². The number of likely N-dealkylation sites (tertiary alicyclic amines) is 1. The Labute approximate surface area is 112 Å². The van der Waals surface area contributed by atoms with Gasteiger partial charge in [0.05, 0.1) is 5.88 Å². The van der Waals surface area contributed by atoms with E-state index in [0.29, 0.717) is 17.0 Å². The number of hydrogen-bond acceptors (Lipinski definition) is 3. The van der Waals surface area contributed by atoms with Crippen LogP contribution in [0.5, 0.6) is 0 Å². The molecule has 0 aliphatic carbocycles. The molecular formula is C12H20N2O3S. The van der Waals surface area contributed by atoms with Crippen molar-refractivity contribution < 1.29 is 14.7 Å². The predicted octanol–water partition coefficient (Wildman–Crippen LogP) is 1.69. The third kappa shape index (κ3) is 2.74. The second-order valence-electron chi connectivity index (χ2n) is 5.76. The van der Waals surface area contributed by atoms with Crippen molar-refractivity contribution in [1.29, 1.82) is 0 Å². The first-order valence-corrected chi connectivity index (χ1v) is 7.42. The first kappa shape index (κ1) is 13.5. The number of carbonyl (C=O) groups is 2. The maximum atomic E-state index is 12.3. The molecule has 2 aliphatic heterocycles. The summed E-state index contributed by atoms with van der Waals surface area (Å²) in [4.78, 5) is 26.7. The van der Waals surface area contributed by atoms with Crippen LogP contribution in [0.3, 0.4) is 0 Å². The van der Waals surface area contributed by atoms with Crippen molar-refractivity contribution in [3.05, 3.63) is 0 Å². The van der Waals surface area contributed by atoms with Crippen molar-refractivity contribution >= 4 is 23.8 Å². The van der Waals surface area contributed by atoms with E-state index in [1.54, 1.807) is 4.90 Å². The summed E-state index contributed by atoms with van der Waals surface area (Å²) in [6.45, 7) is 5.89. The van der Waals surface area contributed by atoms with E-state index in [4.69, 9.17) is 5.11 Å². The van der Waals surface area contributed by atoms with Gasteiger partial charge in [0.15, 0.2) is 0 Å². The molecule has 18 heavy (non-hydrogen) atoms. The summed E-state index contributed by atoms with van der Waals surface area (Å²) >= 11 is 1.51. The summed E-state index contributed by atoms with van der Waals surface area (Å²) in [7, 11) is 0. The molecule has 2 amide bonds. The highest BCUT2D eigenvalue weighted by atomic mass is 32.2. The van der Waals surface area contributed by atoms with Gasteiger partial charge >= 0.3 is 12.0 Å². The van der Waals surface area contributed by atoms with Gasteiger partial charge in [-0.1, -0.05) is 13.8 Å².